The highest BCUT2D eigenvalue weighted by molar-refractivity contribution is 5.73. The minimum Gasteiger partial charge on any atom is -0.508 e. The van der Waals surface area contributed by atoms with Gasteiger partial charge in [-0.3, -0.25) is 4.79 Å². The molecule has 0 radical (unpaired) electrons. The number of fused-ring (bicyclic) bond motifs is 1. The van der Waals surface area contributed by atoms with Crippen LogP contribution < -0.4 is 4.74 Å². The first-order valence-corrected chi connectivity index (χ1v) is 6.83. The van der Waals surface area contributed by atoms with Crippen molar-refractivity contribution >= 4 is 5.97 Å². The number of carbonyl (C=O) groups is 1. The Hall–Kier alpha value is -1.77. The first-order chi connectivity index (χ1) is 9.15. The maximum Gasteiger partial charge on any atom is 0.311 e. The first kappa shape index (κ1) is 13.7. The minimum atomic E-state index is -0.208. The second-order valence-corrected chi connectivity index (χ2v) is 5.06. The number of hydrogen-bond acceptors (Lipinski definition) is 3. The Morgan fingerprint density at radius 3 is 2.84 bits per heavy atom. The summed E-state index contributed by atoms with van der Waals surface area (Å²) in [5.74, 6) is 0.600. The van der Waals surface area contributed by atoms with Gasteiger partial charge in [0.15, 0.2) is 0 Å². The fourth-order valence-corrected chi connectivity index (χ4v) is 2.24. The lowest BCUT2D eigenvalue weighted by Crippen LogP contribution is -2.09. The fraction of sp³-hybridized carbons (Fsp3) is 0.438. The van der Waals surface area contributed by atoms with Gasteiger partial charge in [0.2, 0.25) is 0 Å². The molecule has 1 aromatic rings. The third-order valence-electron chi connectivity index (χ3n) is 3.38. The molecule has 1 N–H and O–H groups in total. The van der Waals surface area contributed by atoms with Crippen LogP contribution in [0.5, 0.6) is 11.5 Å². The molecule has 3 heteroatoms. The number of carbonyl (C=O) groups excluding carboxylic acids is 1. The van der Waals surface area contributed by atoms with Crippen LogP contribution in [0, 0.1) is 0 Å². The molecule has 0 aliphatic carbocycles. The van der Waals surface area contributed by atoms with E-state index < -0.39 is 0 Å². The van der Waals surface area contributed by atoms with Crippen LogP contribution in [0.2, 0.25) is 0 Å². The number of benzene rings is 1. The Morgan fingerprint density at radius 1 is 1.16 bits per heavy atom. The summed E-state index contributed by atoms with van der Waals surface area (Å²) in [5.41, 5.74) is 2.16. The van der Waals surface area contributed by atoms with Crippen molar-refractivity contribution in [1.29, 1.82) is 0 Å². The van der Waals surface area contributed by atoms with Crippen LogP contribution in [0.25, 0.3) is 0 Å². The molecule has 1 aliphatic heterocycles. The molecule has 0 spiro atoms. The Labute approximate surface area is 113 Å². The normalized spacial score (nSPS) is 20.3. The summed E-state index contributed by atoms with van der Waals surface area (Å²) in [6, 6.07) is 4.93. The third kappa shape index (κ3) is 4.12. The van der Waals surface area contributed by atoms with Crippen molar-refractivity contribution < 1.29 is 14.6 Å². The van der Waals surface area contributed by atoms with Gasteiger partial charge >= 0.3 is 5.97 Å². The minimum absolute atomic E-state index is 0.208. The summed E-state index contributed by atoms with van der Waals surface area (Å²) in [7, 11) is 0. The SMILES string of the molecule is C/C1=C/CCCCc2cc(O)ccc2OC(=O)CC1. The van der Waals surface area contributed by atoms with Crippen LogP contribution in [0.15, 0.2) is 29.8 Å². The fourth-order valence-electron chi connectivity index (χ4n) is 2.24. The average molecular weight is 260 g/mol. The van der Waals surface area contributed by atoms with Crippen molar-refractivity contribution in [3.63, 3.8) is 0 Å². The highest BCUT2D eigenvalue weighted by Crippen LogP contribution is 2.26. The van der Waals surface area contributed by atoms with Gasteiger partial charge in [0.1, 0.15) is 11.5 Å². The van der Waals surface area contributed by atoms with Gasteiger partial charge in [0.25, 0.3) is 0 Å². The van der Waals surface area contributed by atoms with Gasteiger partial charge in [-0.1, -0.05) is 11.6 Å². The monoisotopic (exact) mass is 260 g/mol. The zero-order valence-electron chi connectivity index (χ0n) is 11.3. The molecule has 1 heterocycles. The number of allylic oxidation sites excluding steroid dienone is 2. The summed E-state index contributed by atoms with van der Waals surface area (Å²) >= 11 is 0. The van der Waals surface area contributed by atoms with Crippen LogP contribution in [0.3, 0.4) is 0 Å². The molecule has 0 fully saturated rings. The van der Waals surface area contributed by atoms with Crippen LogP contribution >= 0.6 is 0 Å². The van der Waals surface area contributed by atoms with Crippen molar-refractivity contribution in [1.82, 2.24) is 0 Å². The molecule has 0 aromatic heterocycles. The summed E-state index contributed by atoms with van der Waals surface area (Å²) in [6.07, 6.45) is 7.38. The lowest BCUT2D eigenvalue weighted by molar-refractivity contribution is -0.134. The van der Waals surface area contributed by atoms with Crippen LogP contribution in [0.1, 0.15) is 44.6 Å². The van der Waals surface area contributed by atoms with Crippen LogP contribution in [-0.2, 0) is 11.2 Å². The Morgan fingerprint density at radius 2 is 2.00 bits per heavy atom. The molecule has 3 nitrogen and oxygen atoms in total. The Kier molecular flexibility index (Phi) is 4.61. The molecular weight excluding hydrogens is 240 g/mol. The molecule has 19 heavy (non-hydrogen) atoms. The van der Waals surface area contributed by atoms with Gasteiger partial charge < -0.3 is 9.84 Å². The predicted molar refractivity (Wildman–Crippen MR) is 74.3 cm³/mol. The molecule has 1 aromatic carbocycles. The highest BCUT2D eigenvalue weighted by atomic mass is 16.5. The number of hydrogen-bond donors (Lipinski definition) is 1. The van der Waals surface area contributed by atoms with Gasteiger partial charge in [-0.05, 0) is 62.8 Å². The molecule has 2 rings (SSSR count). The lowest BCUT2D eigenvalue weighted by atomic mass is 10.0. The molecule has 0 saturated carbocycles. The van der Waals surface area contributed by atoms with E-state index in [0.717, 1.165) is 37.7 Å². The van der Waals surface area contributed by atoms with Crippen molar-refractivity contribution in [2.24, 2.45) is 0 Å². The Balaban J connectivity index is 2.18. The van der Waals surface area contributed by atoms with E-state index in [4.69, 9.17) is 4.74 Å². The standard InChI is InChI=1S/C16H20O3/c1-12-5-3-2-4-6-13-11-14(17)8-9-15(13)19-16(18)10-7-12/h5,8-9,11,17H,2-4,6-7,10H2,1H3/b12-5-. The van der Waals surface area contributed by atoms with E-state index >= 15 is 0 Å². The number of phenols is 1. The number of esters is 1. The van der Waals surface area contributed by atoms with Crippen molar-refractivity contribution in [3.8, 4) is 11.5 Å². The highest BCUT2D eigenvalue weighted by Gasteiger charge is 2.11. The molecule has 0 bridgehead atoms. The molecule has 0 unspecified atom stereocenters. The van der Waals surface area contributed by atoms with Gasteiger partial charge in [-0.2, -0.15) is 0 Å². The number of aryl methyl sites for hydroxylation is 1. The van der Waals surface area contributed by atoms with Gasteiger partial charge in [-0.25, -0.2) is 0 Å². The first-order valence-electron chi connectivity index (χ1n) is 6.83. The molecule has 1 aliphatic rings. The Bertz CT molecular complexity index is 489. The second kappa shape index (κ2) is 6.41. The van der Waals surface area contributed by atoms with Crippen LogP contribution in [-0.4, -0.2) is 11.1 Å². The molecular formula is C16H20O3. The van der Waals surface area contributed by atoms with Crippen molar-refractivity contribution in [3.05, 3.63) is 35.4 Å². The van der Waals surface area contributed by atoms with Gasteiger partial charge in [0, 0.05) is 6.42 Å². The summed E-state index contributed by atoms with van der Waals surface area (Å²) in [4.78, 5) is 11.8. The second-order valence-electron chi connectivity index (χ2n) is 5.06. The number of aromatic hydroxyl groups is 1. The maximum absolute atomic E-state index is 11.8. The third-order valence-corrected chi connectivity index (χ3v) is 3.38. The predicted octanol–water partition coefficient (Wildman–Crippen LogP) is 3.75. The van der Waals surface area contributed by atoms with E-state index in [1.165, 1.54) is 5.57 Å². The molecule has 0 amide bonds. The zero-order chi connectivity index (χ0) is 13.7. The van der Waals surface area contributed by atoms with E-state index in [9.17, 15) is 9.90 Å². The molecule has 0 saturated heterocycles. The average Bonchev–Trinajstić information content (AvgIpc) is 2.37. The van der Waals surface area contributed by atoms with Gasteiger partial charge in [0.05, 0.1) is 0 Å². The van der Waals surface area contributed by atoms with Gasteiger partial charge in [-0.15, -0.1) is 0 Å². The quantitative estimate of drug-likeness (QED) is 0.439. The summed E-state index contributed by atoms with van der Waals surface area (Å²) in [6.45, 7) is 2.06. The topological polar surface area (TPSA) is 46.5 Å². The molecule has 102 valence electrons. The summed E-state index contributed by atoms with van der Waals surface area (Å²) in [5, 5.41) is 9.53. The lowest BCUT2D eigenvalue weighted by Gasteiger charge is -2.12. The summed E-state index contributed by atoms with van der Waals surface area (Å²) < 4.78 is 5.39. The van der Waals surface area contributed by atoms with Crippen molar-refractivity contribution in [2.45, 2.75) is 45.4 Å². The van der Waals surface area contributed by atoms with E-state index in [1.54, 1.807) is 18.2 Å². The number of rotatable bonds is 0. The van der Waals surface area contributed by atoms with Crippen molar-refractivity contribution in [2.75, 3.05) is 0 Å². The largest absolute Gasteiger partial charge is 0.508 e. The molecule has 0 atom stereocenters. The van der Waals surface area contributed by atoms with E-state index in [0.29, 0.717) is 12.2 Å². The number of ether oxygens (including phenoxy) is 1. The van der Waals surface area contributed by atoms with E-state index in [2.05, 4.69) is 13.0 Å². The van der Waals surface area contributed by atoms with E-state index in [1.807, 2.05) is 0 Å². The smallest absolute Gasteiger partial charge is 0.311 e. The van der Waals surface area contributed by atoms with E-state index in [-0.39, 0.29) is 11.7 Å². The van der Waals surface area contributed by atoms with Crippen LogP contribution in [0.4, 0.5) is 0 Å². The zero-order valence-corrected chi connectivity index (χ0v) is 11.3. The number of phenolic OH excluding ortho intramolecular Hbond substituents is 1. The maximum atomic E-state index is 11.8.